The molecular formula is C13H20ClN3. The summed E-state index contributed by atoms with van der Waals surface area (Å²) >= 11 is 6.27. The molecule has 2 N–H and O–H groups in total. The Bertz CT molecular complexity index is 377. The molecule has 94 valence electrons. The quantitative estimate of drug-likeness (QED) is 0.878. The summed E-state index contributed by atoms with van der Waals surface area (Å²) in [6.45, 7) is 4.66. The third kappa shape index (κ3) is 2.90. The Labute approximate surface area is 108 Å². The standard InChI is InChI=1S/C13H20ClN3/c1-2-17(9-10-4-3-5-10)13-12(14)6-11(7-15)8-16-13/h6,8,10H,2-5,7,9,15H2,1H3. The lowest BCUT2D eigenvalue weighted by atomic mass is 9.85. The van der Waals surface area contributed by atoms with Crippen LogP contribution in [0.15, 0.2) is 12.3 Å². The molecule has 1 aromatic heterocycles. The van der Waals surface area contributed by atoms with Gasteiger partial charge in [0.15, 0.2) is 0 Å². The van der Waals surface area contributed by atoms with Gasteiger partial charge < -0.3 is 10.6 Å². The molecule has 0 aliphatic heterocycles. The number of hydrogen-bond acceptors (Lipinski definition) is 3. The summed E-state index contributed by atoms with van der Waals surface area (Å²) in [6.07, 6.45) is 5.88. The monoisotopic (exact) mass is 253 g/mol. The van der Waals surface area contributed by atoms with E-state index in [9.17, 15) is 0 Å². The van der Waals surface area contributed by atoms with Crippen molar-refractivity contribution in [2.24, 2.45) is 11.7 Å². The van der Waals surface area contributed by atoms with Crippen molar-refractivity contribution in [3.8, 4) is 0 Å². The molecule has 1 aromatic rings. The Kier molecular flexibility index (Phi) is 4.24. The van der Waals surface area contributed by atoms with E-state index in [2.05, 4.69) is 16.8 Å². The fourth-order valence-electron chi connectivity index (χ4n) is 2.17. The van der Waals surface area contributed by atoms with Crippen molar-refractivity contribution < 1.29 is 0 Å². The molecule has 1 aliphatic carbocycles. The van der Waals surface area contributed by atoms with Gasteiger partial charge in [-0.3, -0.25) is 0 Å². The van der Waals surface area contributed by atoms with Crippen LogP contribution in [-0.2, 0) is 6.54 Å². The number of hydrogen-bond donors (Lipinski definition) is 1. The van der Waals surface area contributed by atoms with E-state index in [1.165, 1.54) is 19.3 Å². The van der Waals surface area contributed by atoms with Crippen LogP contribution in [0.5, 0.6) is 0 Å². The summed E-state index contributed by atoms with van der Waals surface area (Å²) in [5.74, 6) is 1.72. The maximum absolute atomic E-state index is 6.27. The van der Waals surface area contributed by atoms with Crippen LogP contribution in [0.3, 0.4) is 0 Å². The molecule has 4 heteroatoms. The van der Waals surface area contributed by atoms with Crippen LogP contribution in [0.4, 0.5) is 5.82 Å². The van der Waals surface area contributed by atoms with Gasteiger partial charge in [-0.05, 0) is 37.3 Å². The number of pyridine rings is 1. The third-order valence-electron chi connectivity index (χ3n) is 3.50. The lowest BCUT2D eigenvalue weighted by Crippen LogP contribution is -2.33. The molecule has 1 saturated carbocycles. The van der Waals surface area contributed by atoms with Gasteiger partial charge in [0, 0.05) is 25.8 Å². The Hall–Kier alpha value is -0.800. The maximum atomic E-state index is 6.27. The maximum Gasteiger partial charge on any atom is 0.147 e. The Morgan fingerprint density at radius 1 is 1.53 bits per heavy atom. The van der Waals surface area contributed by atoms with Crippen molar-refractivity contribution in [3.63, 3.8) is 0 Å². The first-order chi connectivity index (χ1) is 8.24. The number of aromatic nitrogens is 1. The second-order valence-electron chi connectivity index (χ2n) is 4.69. The van der Waals surface area contributed by atoms with Crippen LogP contribution >= 0.6 is 11.6 Å². The average molecular weight is 254 g/mol. The number of nitrogens with zero attached hydrogens (tertiary/aromatic N) is 2. The van der Waals surface area contributed by atoms with Crippen molar-refractivity contribution in [1.82, 2.24) is 4.98 Å². The smallest absolute Gasteiger partial charge is 0.147 e. The van der Waals surface area contributed by atoms with Crippen LogP contribution in [0, 0.1) is 5.92 Å². The molecule has 0 atom stereocenters. The predicted molar refractivity (Wildman–Crippen MR) is 72.4 cm³/mol. The lowest BCUT2D eigenvalue weighted by Gasteiger charge is -2.32. The van der Waals surface area contributed by atoms with Crippen molar-refractivity contribution in [2.45, 2.75) is 32.7 Å². The molecule has 0 radical (unpaired) electrons. The van der Waals surface area contributed by atoms with Crippen LogP contribution in [0.2, 0.25) is 5.02 Å². The highest BCUT2D eigenvalue weighted by atomic mass is 35.5. The van der Waals surface area contributed by atoms with Gasteiger partial charge >= 0.3 is 0 Å². The Morgan fingerprint density at radius 3 is 2.76 bits per heavy atom. The SMILES string of the molecule is CCN(CC1CCC1)c1ncc(CN)cc1Cl. The molecule has 3 nitrogen and oxygen atoms in total. The minimum atomic E-state index is 0.488. The molecule has 1 aliphatic rings. The van der Waals surface area contributed by atoms with E-state index < -0.39 is 0 Å². The van der Waals surface area contributed by atoms with E-state index in [0.29, 0.717) is 11.6 Å². The second kappa shape index (κ2) is 5.69. The molecule has 2 rings (SSSR count). The van der Waals surface area contributed by atoms with Crippen molar-refractivity contribution >= 4 is 17.4 Å². The van der Waals surface area contributed by atoms with E-state index >= 15 is 0 Å². The fraction of sp³-hybridized carbons (Fsp3) is 0.615. The molecule has 0 bridgehead atoms. The van der Waals surface area contributed by atoms with Gasteiger partial charge in [-0.2, -0.15) is 0 Å². The summed E-state index contributed by atoms with van der Waals surface area (Å²) in [7, 11) is 0. The molecule has 17 heavy (non-hydrogen) atoms. The minimum Gasteiger partial charge on any atom is -0.355 e. The number of halogens is 1. The van der Waals surface area contributed by atoms with Crippen molar-refractivity contribution in [3.05, 3.63) is 22.8 Å². The first-order valence-corrected chi connectivity index (χ1v) is 6.71. The highest BCUT2D eigenvalue weighted by Crippen LogP contribution is 2.30. The summed E-state index contributed by atoms with van der Waals surface area (Å²) in [5, 5.41) is 0.717. The Balaban J connectivity index is 2.11. The summed E-state index contributed by atoms with van der Waals surface area (Å²) in [4.78, 5) is 6.72. The van der Waals surface area contributed by atoms with Crippen molar-refractivity contribution in [1.29, 1.82) is 0 Å². The molecule has 1 heterocycles. The number of nitrogens with two attached hydrogens (primary N) is 1. The van der Waals surface area contributed by atoms with Gasteiger partial charge in [0.1, 0.15) is 5.82 Å². The first kappa shape index (κ1) is 12.7. The number of rotatable bonds is 5. The van der Waals surface area contributed by atoms with E-state index in [-0.39, 0.29) is 0 Å². The van der Waals surface area contributed by atoms with Crippen LogP contribution in [0.1, 0.15) is 31.7 Å². The Morgan fingerprint density at radius 2 is 2.29 bits per heavy atom. The van der Waals surface area contributed by atoms with Crippen molar-refractivity contribution in [2.75, 3.05) is 18.0 Å². The molecule has 0 unspecified atom stereocenters. The second-order valence-corrected chi connectivity index (χ2v) is 5.10. The summed E-state index contributed by atoms with van der Waals surface area (Å²) < 4.78 is 0. The van der Waals surface area contributed by atoms with E-state index in [1.54, 1.807) is 0 Å². The lowest BCUT2D eigenvalue weighted by molar-refractivity contribution is 0.318. The zero-order valence-corrected chi connectivity index (χ0v) is 11.1. The topological polar surface area (TPSA) is 42.2 Å². The zero-order valence-electron chi connectivity index (χ0n) is 10.3. The highest BCUT2D eigenvalue weighted by molar-refractivity contribution is 6.33. The predicted octanol–water partition coefficient (Wildman–Crippen LogP) is 2.82. The van der Waals surface area contributed by atoms with Gasteiger partial charge in [0.05, 0.1) is 5.02 Å². The van der Waals surface area contributed by atoms with Gasteiger partial charge in [-0.25, -0.2) is 4.98 Å². The molecule has 0 saturated heterocycles. The summed E-state index contributed by atoms with van der Waals surface area (Å²) in [6, 6.07) is 1.92. The molecule has 0 spiro atoms. The first-order valence-electron chi connectivity index (χ1n) is 6.34. The molecule has 0 aromatic carbocycles. The van der Waals surface area contributed by atoms with Crippen LogP contribution < -0.4 is 10.6 Å². The highest BCUT2D eigenvalue weighted by Gasteiger charge is 2.21. The fourth-order valence-corrected chi connectivity index (χ4v) is 2.48. The number of anilines is 1. The average Bonchev–Trinajstić information content (AvgIpc) is 2.29. The molecule has 1 fully saturated rings. The minimum absolute atomic E-state index is 0.488. The van der Waals surface area contributed by atoms with Gasteiger partial charge in [-0.15, -0.1) is 0 Å². The molecule has 0 amide bonds. The van der Waals surface area contributed by atoms with Gasteiger partial charge in [0.2, 0.25) is 0 Å². The van der Waals surface area contributed by atoms with E-state index in [1.807, 2.05) is 12.3 Å². The summed E-state index contributed by atoms with van der Waals surface area (Å²) in [5.41, 5.74) is 6.56. The van der Waals surface area contributed by atoms with Gasteiger partial charge in [-0.1, -0.05) is 18.0 Å². The third-order valence-corrected chi connectivity index (χ3v) is 3.78. The molecular weight excluding hydrogens is 234 g/mol. The van der Waals surface area contributed by atoms with Crippen LogP contribution in [-0.4, -0.2) is 18.1 Å². The van der Waals surface area contributed by atoms with E-state index in [4.69, 9.17) is 17.3 Å². The van der Waals surface area contributed by atoms with E-state index in [0.717, 1.165) is 30.4 Å². The van der Waals surface area contributed by atoms with Crippen LogP contribution in [0.25, 0.3) is 0 Å². The normalized spacial score (nSPS) is 15.7. The van der Waals surface area contributed by atoms with Gasteiger partial charge in [0.25, 0.3) is 0 Å². The zero-order chi connectivity index (χ0) is 12.3. The largest absolute Gasteiger partial charge is 0.355 e.